The molecule has 0 saturated carbocycles. The lowest BCUT2D eigenvalue weighted by molar-refractivity contribution is 0.0952. The monoisotopic (exact) mass is 464 g/mol. The predicted octanol–water partition coefficient (Wildman–Crippen LogP) is 5.08. The van der Waals surface area contributed by atoms with Crippen molar-refractivity contribution in [3.8, 4) is 0 Å². The van der Waals surface area contributed by atoms with Crippen LogP contribution in [0.25, 0.3) is 11.0 Å². The molecule has 0 fully saturated rings. The molecule has 0 radical (unpaired) electrons. The fraction of sp³-hybridized carbons (Fsp3) is 0.462. The molecule has 8 heteroatoms. The number of fused-ring (bicyclic) bond motifs is 1. The average molecular weight is 465 g/mol. The van der Waals surface area contributed by atoms with Crippen molar-refractivity contribution in [3.05, 3.63) is 52.8 Å². The molecule has 0 saturated heterocycles. The van der Waals surface area contributed by atoms with Gasteiger partial charge in [0.25, 0.3) is 5.91 Å². The molecule has 34 heavy (non-hydrogen) atoms. The summed E-state index contributed by atoms with van der Waals surface area (Å²) in [6, 6.07) is 9.10. The van der Waals surface area contributed by atoms with Gasteiger partial charge in [-0.15, -0.1) is 0 Å². The van der Waals surface area contributed by atoms with Crippen molar-refractivity contribution in [2.45, 2.75) is 79.4 Å². The van der Waals surface area contributed by atoms with Crippen molar-refractivity contribution in [2.24, 2.45) is 0 Å². The zero-order chi connectivity index (χ0) is 25.2. The molecule has 2 aromatic heterocycles. The third-order valence-electron chi connectivity index (χ3n) is 5.39. The lowest BCUT2D eigenvalue weighted by Gasteiger charge is -2.20. The maximum absolute atomic E-state index is 13.3. The van der Waals surface area contributed by atoms with Crippen LogP contribution >= 0.6 is 0 Å². The minimum absolute atomic E-state index is 0.0597. The molecule has 1 aromatic carbocycles. The number of aryl methyl sites for hydroxylation is 1. The SMILES string of the molecule is Cc1nn(C(C)(C)C)c2nc(C(C)C)cc(C(=O)NCc3ccc(NC(=O)NC(C)C)cc3)c12. The summed E-state index contributed by atoms with van der Waals surface area (Å²) >= 11 is 0. The first-order chi connectivity index (χ1) is 15.9. The number of nitrogens with one attached hydrogen (secondary N) is 3. The molecule has 0 aliphatic carbocycles. The summed E-state index contributed by atoms with van der Waals surface area (Å²) < 4.78 is 1.90. The molecule has 0 unspecified atom stereocenters. The Morgan fingerprint density at radius 2 is 1.71 bits per heavy atom. The van der Waals surface area contributed by atoms with Crippen LogP contribution in [0.2, 0.25) is 0 Å². The Labute approximate surface area is 201 Å². The van der Waals surface area contributed by atoms with Gasteiger partial charge >= 0.3 is 6.03 Å². The van der Waals surface area contributed by atoms with Crippen molar-refractivity contribution in [1.82, 2.24) is 25.4 Å². The minimum Gasteiger partial charge on any atom is -0.348 e. The summed E-state index contributed by atoms with van der Waals surface area (Å²) in [7, 11) is 0. The van der Waals surface area contributed by atoms with Gasteiger partial charge < -0.3 is 16.0 Å². The van der Waals surface area contributed by atoms with Gasteiger partial charge in [-0.05, 0) is 71.2 Å². The Hall–Kier alpha value is -3.42. The van der Waals surface area contributed by atoms with Gasteiger partial charge in [0.1, 0.15) is 0 Å². The van der Waals surface area contributed by atoms with Crippen LogP contribution in [-0.4, -0.2) is 32.7 Å². The molecule has 3 amide bonds. The van der Waals surface area contributed by atoms with Gasteiger partial charge in [0.2, 0.25) is 0 Å². The van der Waals surface area contributed by atoms with Crippen LogP contribution < -0.4 is 16.0 Å². The molecule has 2 heterocycles. The molecule has 3 N–H and O–H groups in total. The number of hydrogen-bond donors (Lipinski definition) is 3. The highest BCUT2D eigenvalue weighted by Gasteiger charge is 2.25. The molecule has 0 spiro atoms. The van der Waals surface area contributed by atoms with E-state index in [-0.39, 0.29) is 29.4 Å². The Bertz CT molecular complexity index is 1190. The molecule has 0 atom stereocenters. The van der Waals surface area contributed by atoms with E-state index in [2.05, 4.69) is 50.6 Å². The molecule has 182 valence electrons. The van der Waals surface area contributed by atoms with E-state index in [0.717, 1.165) is 28.0 Å². The zero-order valence-corrected chi connectivity index (χ0v) is 21.4. The zero-order valence-electron chi connectivity index (χ0n) is 21.4. The van der Waals surface area contributed by atoms with Crippen LogP contribution in [-0.2, 0) is 12.1 Å². The number of amides is 3. The third kappa shape index (κ3) is 5.73. The smallest absolute Gasteiger partial charge is 0.319 e. The molecule has 3 rings (SSSR count). The Kier molecular flexibility index (Phi) is 7.29. The molecule has 0 bridgehead atoms. The standard InChI is InChI=1S/C26H36N6O2/c1-15(2)21-13-20(22-17(5)31-32(23(22)30-21)26(6,7)8)24(33)27-14-18-9-11-19(12-10-18)29-25(34)28-16(3)4/h9-13,15-16H,14H2,1-8H3,(H,27,33)(H2,28,29,34). The number of pyridine rings is 1. The lowest BCUT2D eigenvalue weighted by atomic mass is 10.0. The number of carbonyl (C=O) groups is 2. The summed E-state index contributed by atoms with van der Waals surface area (Å²) in [6.07, 6.45) is 0. The normalized spacial score (nSPS) is 11.8. The van der Waals surface area contributed by atoms with E-state index in [4.69, 9.17) is 10.1 Å². The summed E-state index contributed by atoms with van der Waals surface area (Å²) in [6.45, 7) is 16.5. The van der Waals surface area contributed by atoms with Crippen LogP contribution in [0.15, 0.2) is 30.3 Å². The van der Waals surface area contributed by atoms with Gasteiger partial charge in [0.05, 0.1) is 22.2 Å². The highest BCUT2D eigenvalue weighted by molar-refractivity contribution is 6.06. The van der Waals surface area contributed by atoms with E-state index in [0.29, 0.717) is 17.8 Å². The number of hydrogen-bond acceptors (Lipinski definition) is 4. The van der Waals surface area contributed by atoms with E-state index in [1.165, 1.54) is 0 Å². The van der Waals surface area contributed by atoms with Gasteiger partial charge in [-0.3, -0.25) is 4.79 Å². The van der Waals surface area contributed by atoms with Crippen LogP contribution in [0, 0.1) is 6.92 Å². The van der Waals surface area contributed by atoms with Crippen LogP contribution in [0.4, 0.5) is 10.5 Å². The van der Waals surface area contributed by atoms with E-state index < -0.39 is 0 Å². The molecule has 3 aromatic rings. The second-order valence-electron chi connectivity index (χ2n) is 10.2. The van der Waals surface area contributed by atoms with Crippen molar-refractivity contribution < 1.29 is 9.59 Å². The van der Waals surface area contributed by atoms with Gasteiger partial charge in [-0.2, -0.15) is 5.10 Å². The number of rotatable bonds is 6. The molecule has 0 aliphatic rings. The summed E-state index contributed by atoms with van der Waals surface area (Å²) in [5, 5.41) is 14.1. The summed E-state index contributed by atoms with van der Waals surface area (Å²) in [4.78, 5) is 30.0. The quantitative estimate of drug-likeness (QED) is 0.474. The summed E-state index contributed by atoms with van der Waals surface area (Å²) in [5.41, 5.74) is 4.33. The topological polar surface area (TPSA) is 101 Å². The molecular formula is C26H36N6O2. The van der Waals surface area contributed by atoms with Crippen molar-refractivity contribution in [2.75, 3.05) is 5.32 Å². The van der Waals surface area contributed by atoms with E-state index in [1.54, 1.807) is 0 Å². The highest BCUT2D eigenvalue weighted by atomic mass is 16.2. The van der Waals surface area contributed by atoms with Crippen molar-refractivity contribution in [1.29, 1.82) is 0 Å². The van der Waals surface area contributed by atoms with Gasteiger partial charge in [-0.1, -0.05) is 26.0 Å². The molecule has 0 aliphatic heterocycles. The number of nitrogens with zero attached hydrogens (tertiary/aromatic N) is 3. The summed E-state index contributed by atoms with van der Waals surface area (Å²) in [5.74, 6) is 0.0110. The van der Waals surface area contributed by atoms with Crippen molar-refractivity contribution in [3.63, 3.8) is 0 Å². The highest BCUT2D eigenvalue weighted by Crippen LogP contribution is 2.29. The maximum atomic E-state index is 13.3. The van der Waals surface area contributed by atoms with Crippen molar-refractivity contribution >= 4 is 28.7 Å². The number of anilines is 1. The van der Waals surface area contributed by atoms with Crippen LogP contribution in [0.1, 0.15) is 81.7 Å². The Morgan fingerprint density at radius 3 is 2.26 bits per heavy atom. The first kappa shape index (κ1) is 25.2. The fourth-order valence-corrected chi connectivity index (χ4v) is 3.66. The first-order valence-electron chi connectivity index (χ1n) is 11.7. The van der Waals surface area contributed by atoms with E-state index in [1.807, 2.05) is 55.8 Å². The largest absolute Gasteiger partial charge is 0.348 e. The Morgan fingerprint density at radius 1 is 1.06 bits per heavy atom. The fourth-order valence-electron chi connectivity index (χ4n) is 3.66. The molecule has 8 nitrogen and oxygen atoms in total. The second-order valence-corrected chi connectivity index (χ2v) is 10.2. The number of benzene rings is 1. The number of aromatic nitrogens is 3. The average Bonchev–Trinajstić information content (AvgIpc) is 3.09. The van der Waals surface area contributed by atoms with Gasteiger partial charge in [0.15, 0.2) is 5.65 Å². The lowest BCUT2D eigenvalue weighted by Crippen LogP contribution is -2.34. The maximum Gasteiger partial charge on any atom is 0.319 e. The molecular weight excluding hydrogens is 428 g/mol. The van der Waals surface area contributed by atoms with E-state index in [9.17, 15) is 9.59 Å². The van der Waals surface area contributed by atoms with E-state index >= 15 is 0 Å². The van der Waals surface area contributed by atoms with Crippen LogP contribution in [0.3, 0.4) is 0 Å². The number of urea groups is 1. The van der Waals surface area contributed by atoms with Gasteiger partial charge in [-0.25, -0.2) is 14.5 Å². The Balaban J connectivity index is 1.82. The van der Waals surface area contributed by atoms with Crippen LogP contribution in [0.5, 0.6) is 0 Å². The minimum atomic E-state index is -0.259. The third-order valence-corrected chi connectivity index (χ3v) is 5.39. The second kappa shape index (κ2) is 9.83. The number of carbonyl (C=O) groups excluding carboxylic acids is 2. The predicted molar refractivity (Wildman–Crippen MR) is 136 cm³/mol. The first-order valence-corrected chi connectivity index (χ1v) is 11.7. The van der Waals surface area contributed by atoms with Gasteiger partial charge in [0, 0.05) is 24.0 Å².